The van der Waals surface area contributed by atoms with E-state index in [9.17, 15) is 4.79 Å². The van der Waals surface area contributed by atoms with Crippen LogP contribution < -0.4 is 0 Å². The summed E-state index contributed by atoms with van der Waals surface area (Å²) in [6.45, 7) is 4.30. The summed E-state index contributed by atoms with van der Waals surface area (Å²) in [4.78, 5) is 26.1. The summed E-state index contributed by atoms with van der Waals surface area (Å²) < 4.78 is 0. The number of hydrogen-bond donors (Lipinski definition) is 0. The van der Waals surface area contributed by atoms with Crippen molar-refractivity contribution in [3.05, 3.63) is 60.2 Å². The molecule has 1 atom stereocenters. The van der Waals surface area contributed by atoms with Crippen LogP contribution in [0.3, 0.4) is 0 Å². The Labute approximate surface area is 148 Å². The minimum atomic E-state index is -0.194. The maximum Gasteiger partial charge on any atom is 0.230 e. The highest BCUT2D eigenvalue weighted by Crippen LogP contribution is 2.40. The van der Waals surface area contributed by atoms with E-state index in [2.05, 4.69) is 20.9 Å². The number of amides is 1. The molecule has 2 aromatic heterocycles. The molecule has 4 heterocycles. The van der Waals surface area contributed by atoms with Gasteiger partial charge >= 0.3 is 0 Å². The van der Waals surface area contributed by atoms with Crippen molar-refractivity contribution in [2.75, 3.05) is 19.6 Å². The molecule has 130 valence electrons. The van der Waals surface area contributed by atoms with E-state index in [0.29, 0.717) is 12.5 Å². The Morgan fingerprint density at radius 3 is 2.68 bits per heavy atom. The van der Waals surface area contributed by atoms with Gasteiger partial charge < -0.3 is 4.90 Å². The van der Waals surface area contributed by atoms with Crippen LogP contribution in [0, 0.1) is 5.41 Å². The van der Waals surface area contributed by atoms with Crippen molar-refractivity contribution >= 4 is 5.91 Å². The van der Waals surface area contributed by atoms with Gasteiger partial charge in [0.25, 0.3) is 0 Å². The molecule has 0 saturated carbocycles. The van der Waals surface area contributed by atoms with Crippen LogP contribution in [0.15, 0.2) is 48.9 Å². The molecular formula is C20H24N4O. The van der Waals surface area contributed by atoms with Crippen molar-refractivity contribution in [1.29, 1.82) is 0 Å². The molecular weight excluding hydrogens is 312 g/mol. The molecule has 0 N–H and O–H groups in total. The Balaban J connectivity index is 1.43. The van der Waals surface area contributed by atoms with E-state index in [1.54, 1.807) is 12.4 Å². The number of carbonyl (C=O) groups excluding carboxylic acids is 1. The smallest absolute Gasteiger partial charge is 0.230 e. The SMILES string of the molecule is O=C1N(Cc2ccncc2)CC[C@@]12CCCN(Cc1ccccn1)C2. The predicted molar refractivity (Wildman–Crippen MR) is 95.5 cm³/mol. The molecule has 2 fully saturated rings. The van der Waals surface area contributed by atoms with Gasteiger partial charge in [-0.25, -0.2) is 0 Å². The normalized spacial score (nSPS) is 24.2. The van der Waals surface area contributed by atoms with Crippen molar-refractivity contribution < 1.29 is 4.79 Å². The number of carbonyl (C=O) groups is 1. The van der Waals surface area contributed by atoms with Crippen LogP contribution in [0.5, 0.6) is 0 Å². The predicted octanol–water partition coefficient (Wildman–Crippen LogP) is 2.49. The zero-order chi connectivity index (χ0) is 17.1. The number of likely N-dealkylation sites (tertiary alicyclic amines) is 2. The molecule has 0 aromatic carbocycles. The number of hydrogen-bond acceptors (Lipinski definition) is 4. The van der Waals surface area contributed by atoms with Crippen molar-refractivity contribution in [2.45, 2.75) is 32.4 Å². The highest BCUT2D eigenvalue weighted by Gasteiger charge is 2.48. The quantitative estimate of drug-likeness (QED) is 0.861. The van der Waals surface area contributed by atoms with Gasteiger partial charge in [-0.2, -0.15) is 0 Å². The van der Waals surface area contributed by atoms with Crippen molar-refractivity contribution in [3.63, 3.8) is 0 Å². The topological polar surface area (TPSA) is 49.3 Å². The first-order chi connectivity index (χ1) is 12.3. The maximum atomic E-state index is 13.2. The van der Waals surface area contributed by atoms with Gasteiger partial charge in [-0.1, -0.05) is 6.07 Å². The summed E-state index contributed by atoms with van der Waals surface area (Å²) in [6, 6.07) is 10.0. The first-order valence-electron chi connectivity index (χ1n) is 9.06. The zero-order valence-electron chi connectivity index (χ0n) is 14.5. The van der Waals surface area contributed by atoms with Crippen molar-refractivity contribution in [3.8, 4) is 0 Å². The fraction of sp³-hybridized carbons (Fsp3) is 0.450. The first-order valence-corrected chi connectivity index (χ1v) is 9.06. The van der Waals surface area contributed by atoms with Crippen LogP contribution in [0.4, 0.5) is 0 Å². The van der Waals surface area contributed by atoms with Crippen molar-refractivity contribution in [1.82, 2.24) is 19.8 Å². The molecule has 0 radical (unpaired) electrons. The molecule has 2 aliphatic rings. The molecule has 2 saturated heterocycles. The Morgan fingerprint density at radius 2 is 1.88 bits per heavy atom. The third-order valence-corrected chi connectivity index (χ3v) is 5.49. The molecule has 5 heteroatoms. The number of nitrogens with zero attached hydrogens (tertiary/aromatic N) is 4. The van der Waals surface area contributed by atoms with E-state index >= 15 is 0 Å². The highest BCUT2D eigenvalue weighted by atomic mass is 16.2. The Kier molecular flexibility index (Phi) is 4.49. The van der Waals surface area contributed by atoms with Gasteiger partial charge in [0.15, 0.2) is 0 Å². The fourth-order valence-corrected chi connectivity index (χ4v) is 4.21. The number of rotatable bonds is 4. The highest BCUT2D eigenvalue weighted by molar-refractivity contribution is 5.85. The molecule has 0 aliphatic carbocycles. The molecule has 4 rings (SSSR count). The number of aromatic nitrogens is 2. The summed E-state index contributed by atoms with van der Waals surface area (Å²) in [7, 11) is 0. The Hall–Kier alpha value is -2.27. The van der Waals surface area contributed by atoms with Crippen LogP contribution in [0.1, 0.15) is 30.5 Å². The van der Waals surface area contributed by atoms with Crippen molar-refractivity contribution in [2.24, 2.45) is 5.41 Å². The van der Waals surface area contributed by atoms with Crippen LogP contribution in [0.2, 0.25) is 0 Å². The zero-order valence-corrected chi connectivity index (χ0v) is 14.5. The lowest BCUT2D eigenvalue weighted by atomic mass is 9.78. The average molecular weight is 336 g/mol. The van der Waals surface area contributed by atoms with E-state index in [1.807, 2.05) is 35.4 Å². The van der Waals surface area contributed by atoms with Crippen LogP contribution in [-0.2, 0) is 17.9 Å². The molecule has 0 unspecified atom stereocenters. The monoisotopic (exact) mass is 336 g/mol. The third-order valence-electron chi connectivity index (χ3n) is 5.49. The molecule has 2 aromatic rings. The molecule has 5 nitrogen and oxygen atoms in total. The minimum Gasteiger partial charge on any atom is -0.338 e. The molecule has 25 heavy (non-hydrogen) atoms. The van der Waals surface area contributed by atoms with Gasteiger partial charge in [-0.3, -0.25) is 19.7 Å². The lowest BCUT2D eigenvalue weighted by Gasteiger charge is -2.39. The van der Waals surface area contributed by atoms with Gasteiger partial charge in [-0.15, -0.1) is 0 Å². The number of piperidine rings is 1. The molecule has 1 amide bonds. The summed E-state index contributed by atoms with van der Waals surface area (Å²) in [5.41, 5.74) is 2.04. The van der Waals surface area contributed by atoms with Gasteiger partial charge in [0.1, 0.15) is 0 Å². The van der Waals surface area contributed by atoms with Gasteiger partial charge in [-0.05, 0) is 55.6 Å². The Morgan fingerprint density at radius 1 is 1.00 bits per heavy atom. The standard InChI is InChI=1S/C20H24N4O/c25-19-20(8-13-24(19)14-17-5-10-21-11-6-17)7-3-12-23(16-20)15-18-4-1-2-9-22-18/h1-2,4-6,9-11H,3,7-8,12-16H2/t20-/m1/s1. The minimum absolute atomic E-state index is 0.194. The molecule has 2 aliphatic heterocycles. The van der Waals surface area contributed by atoms with Gasteiger partial charge in [0.2, 0.25) is 5.91 Å². The lowest BCUT2D eigenvalue weighted by molar-refractivity contribution is -0.139. The maximum absolute atomic E-state index is 13.2. The fourth-order valence-electron chi connectivity index (χ4n) is 4.21. The molecule has 1 spiro atoms. The van der Waals surface area contributed by atoms with Crippen LogP contribution >= 0.6 is 0 Å². The summed E-state index contributed by atoms with van der Waals surface area (Å²) in [5.74, 6) is 0.329. The Bertz CT molecular complexity index is 721. The second-order valence-corrected chi connectivity index (χ2v) is 7.25. The summed E-state index contributed by atoms with van der Waals surface area (Å²) >= 11 is 0. The average Bonchev–Trinajstić information content (AvgIpc) is 2.93. The van der Waals surface area contributed by atoms with E-state index in [1.165, 1.54) is 0 Å². The van der Waals surface area contributed by atoms with Crippen LogP contribution in [0.25, 0.3) is 0 Å². The summed E-state index contributed by atoms with van der Waals surface area (Å²) in [5, 5.41) is 0. The van der Waals surface area contributed by atoms with Gasteiger partial charge in [0, 0.05) is 44.8 Å². The van der Waals surface area contributed by atoms with E-state index < -0.39 is 0 Å². The molecule has 0 bridgehead atoms. The first kappa shape index (κ1) is 16.2. The lowest BCUT2D eigenvalue weighted by Crippen LogP contribution is -2.47. The van der Waals surface area contributed by atoms with E-state index in [4.69, 9.17) is 0 Å². The summed E-state index contributed by atoms with van der Waals surface area (Å²) in [6.07, 6.45) is 8.49. The van der Waals surface area contributed by atoms with Gasteiger partial charge in [0.05, 0.1) is 11.1 Å². The van der Waals surface area contributed by atoms with Crippen LogP contribution in [-0.4, -0.2) is 45.3 Å². The van der Waals surface area contributed by atoms with E-state index in [0.717, 1.165) is 56.7 Å². The second-order valence-electron chi connectivity index (χ2n) is 7.25. The second kappa shape index (κ2) is 6.92. The largest absolute Gasteiger partial charge is 0.338 e. The van der Waals surface area contributed by atoms with E-state index in [-0.39, 0.29) is 5.41 Å². The number of pyridine rings is 2. The third kappa shape index (κ3) is 3.42.